The maximum absolute atomic E-state index is 12.3. The summed E-state index contributed by atoms with van der Waals surface area (Å²) in [6, 6.07) is 17.1. The minimum atomic E-state index is -0.162. The molecule has 0 aliphatic heterocycles. The first-order valence-corrected chi connectivity index (χ1v) is 7.97. The quantitative estimate of drug-likeness (QED) is 0.619. The van der Waals surface area contributed by atoms with Crippen LogP contribution in [0.1, 0.15) is 16.1 Å². The van der Waals surface area contributed by atoms with E-state index in [1.54, 1.807) is 24.5 Å². The topological polar surface area (TPSA) is 59.3 Å². The fourth-order valence-electron chi connectivity index (χ4n) is 2.75. The van der Waals surface area contributed by atoms with Gasteiger partial charge in [-0.25, -0.2) is 4.98 Å². The third kappa shape index (κ3) is 2.99. The van der Waals surface area contributed by atoms with Gasteiger partial charge in [-0.05, 0) is 43.3 Å². The van der Waals surface area contributed by atoms with Gasteiger partial charge in [0.25, 0.3) is 5.91 Å². The summed E-state index contributed by atoms with van der Waals surface area (Å²) < 4.78 is 2.05. The van der Waals surface area contributed by atoms with Crippen molar-refractivity contribution < 1.29 is 4.79 Å². The second kappa shape index (κ2) is 6.20. The van der Waals surface area contributed by atoms with Crippen LogP contribution in [-0.4, -0.2) is 20.3 Å². The first-order chi connectivity index (χ1) is 12.2. The van der Waals surface area contributed by atoms with E-state index in [2.05, 4.69) is 19.7 Å². The van der Waals surface area contributed by atoms with E-state index in [0.29, 0.717) is 5.56 Å². The van der Waals surface area contributed by atoms with Crippen LogP contribution in [0, 0.1) is 6.92 Å². The van der Waals surface area contributed by atoms with Crippen molar-refractivity contribution >= 4 is 17.2 Å². The molecule has 0 atom stereocenters. The summed E-state index contributed by atoms with van der Waals surface area (Å²) in [6.45, 7) is 2.05. The monoisotopic (exact) mass is 328 g/mol. The number of amides is 1. The van der Waals surface area contributed by atoms with Gasteiger partial charge in [0, 0.05) is 41.1 Å². The molecule has 122 valence electrons. The van der Waals surface area contributed by atoms with Gasteiger partial charge in [-0.2, -0.15) is 0 Å². The van der Waals surface area contributed by atoms with Crippen LogP contribution < -0.4 is 5.32 Å². The number of aromatic nitrogens is 3. The Hall–Kier alpha value is -3.47. The number of rotatable bonds is 3. The average molecular weight is 328 g/mol. The molecule has 25 heavy (non-hydrogen) atoms. The average Bonchev–Trinajstić information content (AvgIpc) is 3.08. The Balaban J connectivity index is 1.64. The number of nitrogens with one attached hydrogen (secondary N) is 1. The smallest absolute Gasteiger partial charge is 0.255 e. The Kier molecular flexibility index (Phi) is 3.74. The fourth-order valence-corrected chi connectivity index (χ4v) is 2.75. The molecule has 4 rings (SSSR count). The van der Waals surface area contributed by atoms with Crippen LogP contribution in [0.4, 0.5) is 5.69 Å². The molecule has 0 radical (unpaired) electrons. The van der Waals surface area contributed by atoms with E-state index in [4.69, 9.17) is 0 Å². The van der Waals surface area contributed by atoms with Crippen LogP contribution in [0.5, 0.6) is 0 Å². The van der Waals surface area contributed by atoms with E-state index in [1.165, 1.54) is 0 Å². The number of carbonyl (C=O) groups excluding carboxylic acids is 1. The highest BCUT2D eigenvalue weighted by Crippen LogP contribution is 2.23. The van der Waals surface area contributed by atoms with Crippen molar-refractivity contribution in [3.8, 4) is 11.3 Å². The van der Waals surface area contributed by atoms with Gasteiger partial charge in [-0.15, -0.1) is 0 Å². The maximum atomic E-state index is 12.3. The summed E-state index contributed by atoms with van der Waals surface area (Å²) in [5.41, 5.74) is 5.15. The largest absolute Gasteiger partial charge is 0.322 e. The number of nitrogens with zero attached hydrogens (tertiary/aromatic N) is 3. The van der Waals surface area contributed by atoms with Gasteiger partial charge >= 0.3 is 0 Å². The van der Waals surface area contributed by atoms with Gasteiger partial charge in [0.2, 0.25) is 0 Å². The van der Waals surface area contributed by atoms with E-state index < -0.39 is 0 Å². The predicted octanol–water partition coefficient (Wildman–Crippen LogP) is 3.96. The summed E-state index contributed by atoms with van der Waals surface area (Å²) in [7, 11) is 0. The highest BCUT2D eigenvalue weighted by atomic mass is 16.1. The molecule has 1 N–H and O–H groups in total. The van der Waals surface area contributed by atoms with Crippen LogP contribution >= 0.6 is 0 Å². The molecule has 0 unspecified atom stereocenters. The Morgan fingerprint density at radius 3 is 2.64 bits per heavy atom. The van der Waals surface area contributed by atoms with Gasteiger partial charge in [0.05, 0.1) is 5.69 Å². The molecular weight excluding hydrogens is 312 g/mol. The minimum absolute atomic E-state index is 0.162. The number of carbonyl (C=O) groups is 1. The molecule has 0 spiro atoms. The van der Waals surface area contributed by atoms with E-state index in [-0.39, 0.29) is 5.91 Å². The van der Waals surface area contributed by atoms with Crippen molar-refractivity contribution in [3.63, 3.8) is 0 Å². The van der Waals surface area contributed by atoms with Crippen molar-refractivity contribution in [3.05, 3.63) is 84.4 Å². The Morgan fingerprint density at radius 1 is 1.04 bits per heavy atom. The van der Waals surface area contributed by atoms with Crippen molar-refractivity contribution in [2.75, 3.05) is 5.32 Å². The van der Waals surface area contributed by atoms with Crippen molar-refractivity contribution in [1.82, 2.24) is 14.4 Å². The fraction of sp³-hybridized carbons (Fsp3) is 0.0500. The number of aryl methyl sites for hydroxylation is 1. The molecule has 0 bridgehead atoms. The molecule has 4 aromatic rings. The Morgan fingerprint density at radius 2 is 1.84 bits per heavy atom. The molecule has 0 saturated heterocycles. The van der Waals surface area contributed by atoms with E-state index in [9.17, 15) is 4.79 Å². The lowest BCUT2D eigenvalue weighted by atomic mass is 10.1. The molecule has 0 fully saturated rings. The molecule has 1 amide bonds. The first kappa shape index (κ1) is 15.1. The lowest BCUT2D eigenvalue weighted by Gasteiger charge is -2.06. The number of benzene rings is 1. The van der Waals surface area contributed by atoms with Crippen molar-refractivity contribution in [2.24, 2.45) is 0 Å². The van der Waals surface area contributed by atoms with Crippen LogP contribution in [0.2, 0.25) is 0 Å². The summed E-state index contributed by atoms with van der Waals surface area (Å²) in [5, 5.41) is 2.91. The summed E-state index contributed by atoms with van der Waals surface area (Å²) in [5.74, 6) is -0.162. The van der Waals surface area contributed by atoms with Gasteiger partial charge < -0.3 is 9.72 Å². The van der Waals surface area contributed by atoms with Gasteiger partial charge in [0.15, 0.2) is 0 Å². The molecule has 5 nitrogen and oxygen atoms in total. The van der Waals surface area contributed by atoms with Crippen LogP contribution in [0.25, 0.3) is 16.9 Å². The third-order valence-electron chi connectivity index (χ3n) is 4.05. The zero-order valence-electron chi connectivity index (χ0n) is 13.7. The molecule has 0 aliphatic rings. The third-order valence-corrected chi connectivity index (χ3v) is 4.05. The molecule has 3 aromatic heterocycles. The van der Waals surface area contributed by atoms with Crippen LogP contribution in [0.3, 0.4) is 0 Å². The second-order valence-electron chi connectivity index (χ2n) is 5.79. The SMILES string of the molecule is Cc1cccc2nc(-c3cccc(NC(=O)c4ccncc4)c3)cn12. The molecule has 1 aromatic carbocycles. The lowest BCUT2D eigenvalue weighted by Crippen LogP contribution is -2.11. The molecular formula is C20H16N4O. The van der Waals surface area contributed by atoms with E-state index >= 15 is 0 Å². The van der Waals surface area contributed by atoms with Gasteiger partial charge in [-0.3, -0.25) is 9.78 Å². The zero-order valence-corrected chi connectivity index (χ0v) is 13.7. The normalized spacial score (nSPS) is 10.8. The first-order valence-electron chi connectivity index (χ1n) is 7.97. The van der Waals surface area contributed by atoms with Crippen molar-refractivity contribution in [2.45, 2.75) is 6.92 Å². The summed E-state index contributed by atoms with van der Waals surface area (Å²) >= 11 is 0. The highest BCUT2D eigenvalue weighted by Gasteiger charge is 2.09. The van der Waals surface area contributed by atoms with Gasteiger partial charge in [0.1, 0.15) is 5.65 Å². The summed E-state index contributed by atoms with van der Waals surface area (Å²) in [4.78, 5) is 20.9. The minimum Gasteiger partial charge on any atom is -0.322 e. The molecule has 5 heteroatoms. The highest BCUT2D eigenvalue weighted by molar-refractivity contribution is 6.04. The number of hydrogen-bond donors (Lipinski definition) is 1. The lowest BCUT2D eigenvalue weighted by molar-refractivity contribution is 0.102. The number of anilines is 1. The van der Waals surface area contributed by atoms with Crippen LogP contribution in [-0.2, 0) is 0 Å². The maximum Gasteiger partial charge on any atom is 0.255 e. The molecule has 0 saturated carbocycles. The predicted molar refractivity (Wildman–Crippen MR) is 97.6 cm³/mol. The zero-order chi connectivity index (χ0) is 17.2. The molecule has 3 heterocycles. The van der Waals surface area contributed by atoms with Crippen molar-refractivity contribution in [1.29, 1.82) is 0 Å². The second-order valence-corrected chi connectivity index (χ2v) is 5.79. The number of hydrogen-bond acceptors (Lipinski definition) is 3. The number of imidazole rings is 1. The van der Waals surface area contributed by atoms with E-state index in [1.807, 2.05) is 55.6 Å². The van der Waals surface area contributed by atoms with Crippen LogP contribution in [0.15, 0.2) is 73.2 Å². The van der Waals surface area contributed by atoms with Gasteiger partial charge in [-0.1, -0.05) is 18.2 Å². The van der Waals surface area contributed by atoms with E-state index in [0.717, 1.165) is 28.3 Å². The Bertz CT molecular complexity index is 1050. The standard InChI is InChI=1S/C20H16N4O/c1-14-4-2-7-19-23-18(13-24(14)19)16-5-3-6-17(12-16)22-20(25)15-8-10-21-11-9-15/h2-13H,1H3,(H,22,25). The Labute approximate surface area is 145 Å². The molecule has 0 aliphatic carbocycles. The summed E-state index contributed by atoms with van der Waals surface area (Å²) in [6.07, 6.45) is 5.21. The number of fused-ring (bicyclic) bond motifs is 1. The number of pyridine rings is 2.